The minimum absolute atomic E-state index is 0.138. The maximum atomic E-state index is 12.0. The van der Waals surface area contributed by atoms with Gasteiger partial charge in [0.05, 0.1) is 11.9 Å². The fourth-order valence-corrected chi connectivity index (χ4v) is 2.52. The van der Waals surface area contributed by atoms with Gasteiger partial charge in [-0.15, -0.1) is 0 Å². The van der Waals surface area contributed by atoms with E-state index in [0.29, 0.717) is 17.9 Å². The van der Waals surface area contributed by atoms with E-state index in [1.807, 2.05) is 0 Å². The van der Waals surface area contributed by atoms with Crippen molar-refractivity contribution < 1.29 is 4.79 Å². The summed E-state index contributed by atoms with van der Waals surface area (Å²) in [6, 6.07) is 3.55. The molecule has 4 nitrogen and oxygen atoms in total. The maximum Gasteiger partial charge on any atom is 0.227 e. The lowest BCUT2D eigenvalue weighted by Crippen LogP contribution is -2.27. The lowest BCUT2D eigenvalue weighted by atomic mass is 10.0. The van der Waals surface area contributed by atoms with Crippen molar-refractivity contribution in [1.29, 1.82) is 0 Å². The smallest absolute Gasteiger partial charge is 0.227 e. The number of amides is 1. The number of nitrogen functional groups attached to an aromatic ring is 1. The number of anilines is 2. The molecule has 4 heteroatoms. The van der Waals surface area contributed by atoms with E-state index in [0.717, 1.165) is 12.3 Å². The molecule has 0 aliphatic heterocycles. The summed E-state index contributed by atoms with van der Waals surface area (Å²) in [7, 11) is 1.77. The van der Waals surface area contributed by atoms with Gasteiger partial charge in [-0.2, -0.15) is 0 Å². The number of carbonyl (C=O) groups excluding carboxylic acids is 1. The molecule has 1 saturated carbocycles. The molecule has 98 valence electrons. The molecule has 0 saturated heterocycles. The van der Waals surface area contributed by atoms with Gasteiger partial charge < -0.3 is 5.73 Å². The summed E-state index contributed by atoms with van der Waals surface area (Å²) >= 11 is 0. The number of nitrogens with zero attached hydrogens (tertiary/aromatic N) is 2. The Morgan fingerprint density at radius 3 is 2.78 bits per heavy atom. The highest BCUT2D eigenvalue weighted by Gasteiger charge is 2.18. The van der Waals surface area contributed by atoms with Crippen LogP contribution < -0.4 is 10.6 Å². The first-order valence-electron chi connectivity index (χ1n) is 6.65. The number of hydrogen-bond donors (Lipinski definition) is 1. The second kappa shape index (κ2) is 5.85. The van der Waals surface area contributed by atoms with Crippen molar-refractivity contribution in [2.75, 3.05) is 17.7 Å². The number of aromatic nitrogens is 1. The molecule has 0 unspecified atom stereocenters. The van der Waals surface area contributed by atoms with Crippen LogP contribution in [0.3, 0.4) is 0 Å². The summed E-state index contributed by atoms with van der Waals surface area (Å²) in [5, 5.41) is 0. The molecule has 18 heavy (non-hydrogen) atoms. The summed E-state index contributed by atoms with van der Waals surface area (Å²) in [6.45, 7) is 0. The van der Waals surface area contributed by atoms with Crippen molar-refractivity contribution in [3.8, 4) is 0 Å². The van der Waals surface area contributed by atoms with E-state index in [4.69, 9.17) is 5.73 Å². The Labute approximate surface area is 108 Å². The first kappa shape index (κ1) is 12.9. The summed E-state index contributed by atoms with van der Waals surface area (Å²) in [5.74, 6) is 1.56. The van der Waals surface area contributed by atoms with Gasteiger partial charge in [0.2, 0.25) is 5.91 Å². The molecule has 0 bridgehead atoms. The summed E-state index contributed by atoms with van der Waals surface area (Å²) in [6.07, 6.45) is 8.44. The molecule has 1 aliphatic rings. The third-order valence-electron chi connectivity index (χ3n) is 3.73. The van der Waals surface area contributed by atoms with Gasteiger partial charge in [0.1, 0.15) is 5.82 Å². The van der Waals surface area contributed by atoms with E-state index >= 15 is 0 Å². The first-order valence-corrected chi connectivity index (χ1v) is 6.65. The molecule has 1 fully saturated rings. The second-order valence-corrected chi connectivity index (χ2v) is 5.09. The molecule has 2 N–H and O–H groups in total. The van der Waals surface area contributed by atoms with E-state index in [1.165, 1.54) is 25.7 Å². The zero-order valence-corrected chi connectivity index (χ0v) is 10.9. The van der Waals surface area contributed by atoms with Gasteiger partial charge in [-0.1, -0.05) is 25.7 Å². The highest BCUT2D eigenvalue weighted by molar-refractivity contribution is 5.91. The quantitative estimate of drug-likeness (QED) is 0.889. The molecule has 0 aromatic carbocycles. The lowest BCUT2D eigenvalue weighted by molar-refractivity contribution is -0.118. The topological polar surface area (TPSA) is 59.2 Å². The van der Waals surface area contributed by atoms with Gasteiger partial charge in [0, 0.05) is 13.5 Å². The van der Waals surface area contributed by atoms with Crippen LogP contribution in [0.1, 0.15) is 38.5 Å². The number of carbonyl (C=O) groups is 1. The maximum absolute atomic E-state index is 12.0. The average Bonchev–Trinajstić information content (AvgIpc) is 2.89. The molecule has 1 amide bonds. The van der Waals surface area contributed by atoms with E-state index in [9.17, 15) is 4.79 Å². The Morgan fingerprint density at radius 1 is 1.44 bits per heavy atom. The number of nitrogens with two attached hydrogens (primary N) is 1. The van der Waals surface area contributed by atoms with E-state index in [-0.39, 0.29) is 5.91 Å². The van der Waals surface area contributed by atoms with Crippen LogP contribution in [0.2, 0.25) is 0 Å². The molecule has 1 heterocycles. The van der Waals surface area contributed by atoms with Crippen LogP contribution in [-0.4, -0.2) is 17.9 Å². The van der Waals surface area contributed by atoms with Crippen molar-refractivity contribution in [3.63, 3.8) is 0 Å². The Morgan fingerprint density at radius 2 is 2.17 bits per heavy atom. The van der Waals surface area contributed by atoms with Crippen LogP contribution in [0, 0.1) is 5.92 Å². The molecule has 1 aromatic rings. The van der Waals surface area contributed by atoms with Crippen LogP contribution in [0.25, 0.3) is 0 Å². The fraction of sp³-hybridized carbons (Fsp3) is 0.571. The van der Waals surface area contributed by atoms with Gasteiger partial charge in [-0.3, -0.25) is 9.69 Å². The number of hydrogen-bond acceptors (Lipinski definition) is 3. The number of rotatable bonds is 4. The predicted molar refractivity (Wildman–Crippen MR) is 73.3 cm³/mol. The molecule has 0 spiro atoms. The Kier molecular flexibility index (Phi) is 4.18. The summed E-state index contributed by atoms with van der Waals surface area (Å²) < 4.78 is 0. The molecule has 0 atom stereocenters. The van der Waals surface area contributed by atoms with Gasteiger partial charge in [0.15, 0.2) is 0 Å². The Bertz CT molecular complexity index is 396. The normalized spacial score (nSPS) is 15.8. The predicted octanol–water partition coefficient (Wildman–Crippen LogP) is 2.60. The standard InChI is InChI=1S/C14H21N3O/c1-17(13-8-7-12(15)10-16-13)14(18)9-6-11-4-2-3-5-11/h7-8,10-11H,2-6,9,15H2,1H3. The SMILES string of the molecule is CN(C(=O)CCC1CCCC1)c1ccc(N)cn1. The van der Waals surface area contributed by atoms with Gasteiger partial charge in [-0.05, 0) is 24.5 Å². The van der Waals surface area contributed by atoms with Gasteiger partial charge in [-0.25, -0.2) is 4.98 Å². The third kappa shape index (κ3) is 3.22. The molecular weight excluding hydrogens is 226 g/mol. The minimum Gasteiger partial charge on any atom is -0.397 e. The van der Waals surface area contributed by atoms with Crippen molar-refractivity contribution >= 4 is 17.4 Å². The zero-order chi connectivity index (χ0) is 13.0. The molecule has 0 radical (unpaired) electrons. The summed E-state index contributed by atoms with van der Waals surface area (Å²) in [4.78, 5) is 17.8. The van der Waals surface area contributed by atoms with Gasteiger partial charge >= 0.3 is 0 Å². The van der Waals surface area contributed by atoms with Crippen LogP contribution in [-0.2, 0) is 4.79 Å². The molecule has 2 rings (SSSR count). The Balaban J connectivity index is 1.85. The van der Waals surface area contributed by atoms with E-state index in [2.05, 4.69) is 4.98 Å². The zero-order valence-electron chi connectivity index (χ0n) is 10.9. The monoisotopic (exact) mass is 247 g/mol. The molecular formula is C14H21N3O. The fourth-order valence-electron chi connectivity index (χ4n) is 2.52. The largest absolute Gasteiger partial charge is 0.397 e. The van der Waals surface area contributed by atoms with Crippen LogP contribution in [0.4, 0.5) is 11.5 Å². The Hall–Kier alpha value is -1.58. The minimum atomic E-state index is 0.138. The van der Waals surface area contributed by atoms with Crippen LogP contribution >= 0.6 is 0 Å². The average molecular weight is 247 g/mol. The van der Waals surface area contributed by atoms with Crippen molar-refractivity contribution in [1.82, 2.24) is 4.98 Å². The van der Waals surface area contributed by atoms with Crippen molar-refractivity contribution in [3.05, 3.63) is 18.3 Å². The second-order valence-electron chi connectivity index (χ2n) is 5.09. The molecule has 1 aliphatic carbocycles. The van der Waals surface area contributed by atoms with Crippen molar-refractivity contribution in [2.45, 2.75) is 38.5 Å². The van der Waals surface area contributed by atoms with E-state index < -0.39 is 0 Å². The van der Waals surface area contributed by atoms with Crippen LogP contribution in [0.15, 0.2) is 18.3 Å². The number of pyridine rings is 1. The van der Waals surface area contributed by atoms with Gasteiger partial charge in [0.25, 0.3) is 0 Å². The van der Waals surface area contributed by atoms with Crippen molar-refractivity contribution in [2.24, 2.45) is 5.92 Å². The highest BCUT2D eigenvalue weighted by Crippen LogP contribution is 2.28. The van der Waals surface area contributed by atoms with E-state index in [1.54, 1.807) is 30.3 Å². The lowest BCUT2D eigenvalue weighted by Gasteiger charge is -2.17. The molecule has 1 aromatic heterocycles. The third-order valence-corrected chi connectivity index (χ3v) is 3.73. The summed E-state index contributed by atoms with van der Waals surface area (Å²) in [5.41, 5.74) is 6.19. The van der Waals surface area contributed by atoms with Crippen LogP contribution in [0.5, 0.6) is 0 Å². The first-order chi connectivity index (χ1) is 8.66. The highest BCUT2D eigenvalue weighted by atomic mass is 16.2.